The minimum absolute atomic E-state index is 0.0286. The lowest BCUT2D eigenvalue weighted by Crippen LogP contribution is -2.09. The van der Waals surface area contributed by atoms with Crippen molar-refractivity contribution < 1.29 is 22.0 Å². The van der Waals surface area contributed by atoms with Crippen LogP contribution in [-0.2, 0) is 6.18 Å². The van der Waals surface area contributed by atoms with Gasteiger partial charge in [-0.2, -0.15) is 13.2 Å². The molecule has 3 aromatic rings. The maximum atomic E-state index is 13.3. The van der Waals surface area contributed by atoms with Crippen LogP contribution in [0, 0.1) is 12.7 Å². The number of rotatable bonds is 1. The van der Waals surface area contributed by atoms with Gasteiger partial charge in [0.2, 0.25) is 0 Å². The van der Waals surface area contributed by atoms with E-state index in [9.17, 15) is 22.4 Å². The van der Waals surface area contributed by atoms with E-state index in [1.54, 1.807) is 19.2 Å². The number of hydrogen-bond acceptors (Lipinski definition) is 2. The van der Waals surface area contributed by atoms with Gasteiger partial charge in [0, 0.05) is 11.8 Å². The Bertz CT molecular complexity index is 921. The zero-order valence-corrected chi connectivity index (χ0v) is 11.2. The van der Waals surface area contributed by atoms with E-state index in [2.05, 4.69) is 0 Å². The summed E-state index contributed by atoms with van der Waals surface area (Å²) in [5.74, 6) is -1.45. The largest absolute Gasteiger partial charge is 0.420 e. The number of halogens is 4. The molecule has 2 heterocycles. The molecule has 0 aliphatic carbocycles. The molecule has 2 aromatic heterocycles. The minimum Gasteiger partial charge on any atom is -0.420 e. The lowest BCUT2D eigenvalue weighted by atomic mass is 10.1. The molecular weight excluding hydrogens is 302 g/mol. The van der Waals surface area contributed by atoms with Crippen LogP contribution in [0.1, 0.15) is 11.1 Å². The van der Waals surface area contributed by atoms with E-state index in [0.717, 1.165) is 11.6 Å². The van der Waals surface area contributed by atoms with Crippen molar-refractivity contribution in [3.05, 3.63) is 64.0 Å². The van der Waals surface area contributed by atoms with E-state index in [0.29, 0.717) is 12.1 Å². The maximum Gasteiger partial charge on any atom is 0.419 e. The van der Waals surface area contributed by atoms with Crippen LogP contribution in [0.3, 0.4) is 0 Å². The summed E-state index contributed by atoms with van der Waals surface area (Å²) in [6.45, 7) is 1.77. The van der Waals surface area contributed by atoms with Crippen LogP contribution in [0.25, 0.3) is 16.8 Å². The summed E-state index contributed by atoms with van der Waals surface area (Å²) >= 11 is 0. The molecule has 0 bridgehead atoms. The van der Waals surface area contributed by atoms with Gasteiger partial charge < -0.3 is 8.82 Å². The van der Waals surface area contributed by atoms with Crippen LogP contribution < -0.4 is 5.63 Å². The zero-order valence-electron chi connectivity index (χ0n) is 11.2. The quantitative estimate of drug-likeness (QED) is 0.636. The Hall–Kier alpha value is -2.57. The van der Waals surface area contributed by atoms with E-state index < -0.39 is 23.2 Å². The predicted octanol–water partition coefficient (Wildman–Crippen LogP) is 4.03. The number of fused-ring (bicyclic) bond motifs is 1. The number of aryl methyl sites for hydroxylation is 1. The van der Waals surface area contributed by atoms with Gasteiger partial charge in [0.25, 0.3) is 0 Å². The Labute approximate surface area is 121 Å². The Morgan fingerprint density at radius 2 is 1.86 bits per heavy atom. The Balaban J connectivity index is 2.21. The Morgan fingerprint density at radius 3 is 2.55 bits per heavy atom. The molecule has 0 saturated carbocycles. The second-order valence-corrected chi connectivity index (χ2v) is 4.89. The summed E-state index contributed by atoms with van der Waals surface area (Å²) in [5.41, 5.74) is -1.03. The highest BCUT2D eigenvalue weighted by molar-refractivity contribution is 5.60. The highest BCUT2D eigenvalue weighted by Crippen LogP contribution is 2.34. The van der Waals surface area contributed by atoms with Crippen molar-refractivity contribution in [2.45, 2.75) is 13.1 Å². The van der Waals surface area contributed by atoms with Gasteiger partial charge in [-0.25, -0.2) is 9.18 Å². The average Bonchev–Trinajstić information content (AvgIpc) is 2.79. The third-order valence-electron chi connectivity index (χ3n) is 3.21. The van der Waals surface area contributed by atoms with Gasteiger partial charge in [-0.1, -0.05) is 0 Å². The molecule has 0 radical (unpaired) electrons. The van der Waals surface area contributed by atoms with Crippen molar-refractivity contribution in [2.75, 3.05) is 0 Å². The van der Waals surface area contributed by atoms with Gasteiger partial charge in [-0.15, -0.1) is 0 Å². The van der Waals surface area contributed by atoms with E-state index >= 15 is 0 Å². The first-order valence-corrected chi connectivity index (χ1v) is 6.25. The van der Waals surface area contributed by atoms with Crippen molar-refractivity contribution >= 4 is 5.52 Å². The molecule has 3 rings (SSSR count). The van der Waals surface area contributed by atoms with E-state index in [1.807, 2.05) is 0 Å². The van der Waals surface area contributed by atoms with Crippen molar-refractivity contribution in [3.63, 3.8) is 0 Å². The standard InChI is InChI=1S/C15H9F4NO2/c1-8-4-12-14(21)22-13(7-20(12)6-8)9-2-3-11(16)10(5-9)15(17,18)19/h2-7H,1H3. The van der Waals surface area contributed by atoms with Crippen molar-refractivity contribution in [1.29, 1.82) is 0 Å². The van der Waals surface area contributed by atoms with E-state index in [1.165, 1.54) is 10.6 Å². The molecule has 0 unspecified atom stereocenters. The van der Waals surface area contributed by atoms with Gasteiger partial charge in [-0.3, -0.25) is 0 Å². The molecule has 0 aliphatic heterocycles. The first-order valence-electron chi connectivity index (χ1n) is 6.25. The summed E-state index contributed by atoms with van der Waals surface area (Å²) in [6.07, 6.45) is -1.80. The normalized spacial score (nSPS) is 12.0. The van der Waals surface area contributed by atoms with Crippen LogP contribution in [0.2, 0.25) is 0 Å². The summed E-state index contributed by atoms with van der Waals surface area (Å²) < 4.78 is 58.0. The monoisotopic (exact) mass is 311 g/mol. The number of hydrogen-bond donors (Lipinski definition) is 0. The van der Waals surface area contributed by atoms with Gasteiger partial charge in [0.05, 0.1) is 11.8 Å². The molecule has 0 spiro atoms. The highest BCUT2D eigenvalue weighted by Gasteiger charge is 2.34. The molecule has 0 amide bonds. The fourth-order valence-corrected chi connectivity index (χ4v) is 2.22. The van der Waals surface area contributed by atoms with Gasteiger partial charge in [0.15, 0.2) is 5.76 Å². The smallest absolute Gasteiger partial charge is 0.419 e. The molecule has 22 heavy (non-hydrogen) atoms. The SMILES string of the molecule is Cc1cc2c(=O)oc(-c3ccc(F)c(C(F)(F)F)c3)cn2c1. The minimum atomic E-state index is -4.82. The van der Waals surface area contributed by atoms with Gasteiger partial charge in [-0.05, 0) is 36.8 Å². The third-order valence-corrected chi connectivity index (χ3v) is 3.21. The predicted molar refractivity (Wildman–Crippen MR) is 71.1 cm³/mol. The fourth-order valence-electron chi connectivity index (χ4n) is 2.22. The van der Waals surface area contributed by atoms with Crippen molar-refractivity contribution in [2.24, 2.45) is 0 Å². The first kappa shape index (κ1) is 14.4. The Kier molecular flexibility index (Phi) is 3.09. The third kappa shape index (κ3) is 2.38. The van der Waals surface area contributed by atoms with Crippen molar-refractivity contribution in [1.82, 2.24) is 4.40 Å². The van der Waals surface area contributed by atoms with Gasteiger partial charge in [0.1, 0.15) is 11.3 Å². The molecule has 0 fully saturated rings. The molecule has 0 aliphatic rings. The van der Waals surface area contributed by atoms with Crippen molar-refractivity contribution in [3.8, 4) is 11.3 Å². The van der Waals surface area contributed by atoms with Crippen LogP contribution in [-0.4, -0.2) is 4.40 Å². The topological polar surface area (TPSA) is 34.6 Å². The van der Waals surface area contributed by atoms with Crippen LogP contribution in [0.5, 0.6) is 0 Å². The highest BCUT2D eigenvalue weighted by atomic mass is 19.4. The molecular formula is C15H9F4NO2. The number of aromatic nitrogens is 1. The van der Waals surface area contributed by atoms with Crippen LogP contribution >= 0.6 is 0 Å². The number of alkyl halides is 3. The second kappa shape index (κ2) is 4.72. The molecule has 7 heteroatoms. The lowest BCUT2D eigenvalue weighted by molar-refractivity contribution is -0.139. The summed E-state index contributed by atoms with van der Waals surface area (Å²) in [7, 11) is 0. The summed E-state index contributed by atoms with van der Waals surface area (Å²) in [4.78, 5) is 11.9. The van der Waals surface area contributed by atoms with Crippen LogP contribution in [0.15, 0.2) is 45.9 Å². The Morgan fingerprint density at radius 1 is 1.14 bits per heavy atom. The summed E-state index contributed by atoms with van der Waals surface area (Å²) in [5, 5.41) is 0. The molecule has 1 aromatic carbocycles. The van der Waals surface area contributed by atoms with Gasteiger partial charge >= 0.3 is 11.8 Å². The number of nitrogens with zero attached hydrogens (tertiary/aromatic N) is 1. The zero-order chi connectivity index (χ0) is 16.1. The van der Waals surface area contributed by atoms with E-state index in [4.69, 9.17) is 4.42 Å². The van der Waals surface area contributed by atoms with Crippen LogP contribution in [0.4, 0.5) is 17.6 Å². The first-order chi connectivity index (χ1) is 10.3. The van der Waals surface area contributed by atoms with E-state index in [-0.39, 0.29) is 16.8 Å². The maximum absolute atomic E-state index is 13.3. The molecule has 3 nitrogen and oxygen atoms in total. The molecule has 114 valence electrons. The lowest BCUT2D eigenvalue weighted by Gasteiger charge is -2.09. The second-order valence-electron chi connectivity index (χ2n) is 4.89. The average molecular weight is 311 g/mol. The molecule has 0 N–H and O–H groups in total. The number of benzene rings is 1. The molecule has 0 atom stereocenters. The fraction of sp³-hybridized carbons (Fsp3) is 0.133. The summed E-state index contributed by atoms with van der Waals surface area (Å²) in [6, 6.07) is 4.05. The molecule has 0 saturated heterocycles.